The lowest BCUT2D eigenvalue weighted by Crippen LogP contribution is -2.43. The summed E-state index contributed by atoms with van der Waals surface area (Å²) in [7, 11) is 0. The van der Waals surface area contributed by atoms with E-state index in [1.807, 2.05) is 0 Å². The van der Waals surface area contributed by atoms with Crippen LogP contribution in [0.15, 0.2) is 18.2 Å². The molecule has 0 spiro atoms. The van der Waals surface area contributed by atoms with Crippen molar-refractivity contribution < 1.29 is 18.0 Å². The number of hydrogen-bond acceptors (Lipinski definition) is 2. The van der Waals surface area contributed by atoms with Gasteiger partial charge in [0, 0.05) is 24.7 Å². The van der Waals surface area contributed by atoms with Crippen molar-refractivity contribution in [2.45, 2.75) is 25.1 Å². The zero-order valence-electron chi connectivity index (χ0n) is 11.6. The molecule has 1 aliphatic heterocycles. The monoisotopic (exact) mass is 354 g/mol. The minimum atomic E-state index is -4.30. The first-order chi connectivity index (χ1) is 10.3. The molecule has 1 unspecified atom stereocenters. The van der Waals surface area contributed by atoms with Crippen LogP contribution in [0.4, 0.5) is 13.2 Å². The molecule has 0 aliphatic carbocycles. The van der Waals surface area contributed by atoms with Crippen molar-refractivity contribution in [3.8, 4) is 0 Å². The van der Waals surface area contributed by atoms with E-state index < -0.39 is 18.5 Å². The van der Waals surface area contributed by atoms with E-state index in [9.17, 15) is 18.0 Å². The third kappa shape index (κ3) is 4.51. The van der Waals surface area contributed by atoms with Crippen molar-refractivity contribution in [2.75, 3.05) is 19.6 Å². The SMILES string of the molecule is O=C(c1ccc(Cl)c(Cl)c1)N(CCC(F)(F)F)C1CCNC1. The Balaban J connectivity index is 2.18. The van der Waals surface area contributed by atoms with Gasteiger partial charge in [-0.05, 0) is 31.2 Å². The molecule has 1 N–H and O–H groups in total. The number of amides is 1. The summed E-state index contributed by atoms with van der Waals surface area (Å²) in [6, 6.07) is 4.07. The molecule has 122 valence electrons. The maximum atomic E-state index is 12.5. The Morgan fingerprint density at radius 3 is 2.59 bits per heavy atom. The molecular formula is C14H15Cl2F3N2O. The van der Waals surface area contributed by atoms with Crippen molar-refractivity contribution in [1.82, 2.24) is 10.2 Å². The number of nitrogens with zero attached hydrogens (tertiary/aromatic N) is 1. The number of nitrogens with one attached hydrogen (secondary N) is 1. The summed E-state index contributed by atoms with van der Waals surface area (Å²) >= 11 is 11.7. The second-order valence-electron chi connectivity index (χ2n) is 5.14. The summed E-state index contributed by atoms with van der Waals surface area (Å²) in [5.74, 6) is -0.462. The van der Waals surface area contributed by atoms with Gasteiger partial charge in [-0.15, -0.1) is 0 Å². The first-order valence-corrected chi connectivity index (χ1v) is 7.57. The molecule has 22 heavy (non-hydrogen) atoms. The molecule has 8 heteroatoms. The van der Waals surface area contributed by atoms with Gasteiger partial charge in [0.1, 0.15) is 0 Å². The Kier molecular flexibility index (Phi) is 5.58. The molecule has 1 aliphatic rings. The number of halogens is 5. The van der Waals surface area contributed by atoms with Crippen molar-refractivity contribution in [3.05, 3.63) is 33.8 Å². The standard InChI is InChI=1S/C14H15Cl2F3N2O/c15-11-2-1-9(7-12(11)16)13(22)21(6-4-14(17,18)19)10-3-5-20-8-10/h1-2,7,10,20H,3-6,8H2. The van der Waals surface area contributed by atoms with E-state index in [4.69, 9.17) is 23.2 Å². The van der Waals surface area contributed by atoms with Gasteiger partial charge in [-0.25, -0.2) is 0 Å². The number of carbonyl (C=O) groups is 1. The Bertz CT molecular complexity index is 545. The smallest absolute Gasteiger partial charge is 0.334 e. The van der Waals surface area contributed by atoms with Gasteiger partial charge < -0.3 is 10.2 Å². The Labute approximate surface area is 136 Å². The third-order valence-electron chi connectivity index (χ3n) is 3.54. The normalized spacial score (nSPS) is 18.5. The largest absolute Gasteiger partial charge is 0.390 e. The lowest BCUT2D eigenvalue weighted by molar-refractivity contribution is -0.137. The average Bonchev–Trinajstić information content (AvgIpc) is 2.94. The van der Waals surface area contributed by atoms with E-state index in [0.29, 0.717) is 24.5 Å². The summed E-state index contributed by atoms with van der Waals surface area (Å²) in [6.07, 6.45) is -4.70. The Hall–Kier alpha value is -0.980. The van der Waals surface area contributed by atoms with Crippen LogP contribution in [0.3, 0.4) is 0 Å². The first-order valence-electron chi connectivity index (χ1n) is 6.81. The van der Waals surface area contributed by atoms with Gasteiger partial charge in [0.15, 0.2) is 0 Å². The van der Waals surface area contributed by atoms with Crippen LogP contribution in [-0.2, 0) is 0 Å². The van der Waals surface area contributed by atoms with Crippen molar-refractivity contribution in [2.24, 2.45) is 0 Å². The van der Waals surface area contributed by atoms with E-state index in [1.54, 1.807) is 0 Å². The topological polar surface area (TPSA) is 32.3 Å². The maximum Gasteiger partial charge on any atom is 0.390 e. The predicted molar refractivity (Wildman–Crippen MR) is 79.4 cm³/mol. The Morgan fingerprint density at radius 1 is 1.32 bits per heavy atom. The van der Waals surface area contributed by atoms with Crippen LogP contribution in [0, 0.1) is 0 Å². The number of carbonyl (C=O) groups excluding carboxylic acids is 1. The second-order valence-corrected chi connectivity index (χ2v) is 5.95. The van der Waals surface area contributed by atoms with E-state index in [2.05, 4.69) is 5.32 Å². The number of hydrogen-bond donors (Lipinski definition) is 1. The highest BCUT2D eigenvalue weighted by Crippen LogP contribution is 2.26. The molecule has 2 rings (SSSR count). The van der Waals surface area contributed by atoms with Crippen LogP contribution in [0.5, 0.6) is 0 Å². The highest BCUT2D eigenvalue weighted by atomic mass is 35.5. The molecular weight excluding hydrogens is 340 g/mol. The third-order valence-corrected chi connectivity index (χ3v) is 4.28. The first kappa shape index (κ1) is 17.4. The lowest BCUT2D eigenvalue weighted by Gasteiger charge is -2.29. The van der Waals surface area contributed by atoms with E-state index in [0.717, 1.165) is 0 Å². The number of alkyl halides is 3. The van der Waals surface area contributed by atoms with E-state index in [1.165, 1.54) is 23.1 Å². The van der Waals surface area contributed by atoms with Crippen molar-refractivity contribution in [3.63, 3.8) is 0 Å². The number of benzene rings is 1. The summed E-state index contributed by atoms with van der Waals surface area (Å²) in [6.45, 7) is 0.807. The molecule has 0 radical (unpaired) electrons. The summed E-state index contributed by atoms with van der Waals surface area (Å²) in [5, 5.41) is 3.55. The molecule has 1 amide bonds. The zero-order valence-corrected chi connectivity index (χ0v) is 13.1. The fourth-order valence-corrected chi connectivity index (χ4v) is 2.70. The summed E-state index contributed by atoms with van der Waals surface area (Å²) < 4.78 is 37.5. The molecule has 1 atom stereocenters. The summed E-state index contributed by atoms with van der Waals surface area (Å²) in [4.78, 5) is 13.8. The molecule has 1 aromatic rings. The van der Waals surface area contributed by atoms with Crippen molar-refractivity contribution in [1.29, 1.82) is 0 Å². The minimum absolute atomic E-state index is 0.202. The molecule has 0 bridgehead atoms. The van der Waals surface area contributed by atoms with Gasteiger partial charge in [-0.3, -0.25) is 4.79 Å². The van der Waals surface area contributed by atoms with Gasteiger partial charge in [-0.1, -0.05) is 23.2 Å². The van der Waals surface area contributed by atoms with Gasteiger partial charge >= 0.3 is 6.18 Å². The van der Waals surface area contributed by atoms with E-state index in [-0.39, 0.29) is 23.2 Å². The molecule has 0 aromatic heterocycles. The maximum absolute atomic E-state index is 12.5. The highest BCUT2D eigenvalue weighted by molar-refractivity contribution is 6.42. The quantitative estimate of drug-likeness (QED) is 0.892. The lowest BCUT2D eigenvalue weighted by atomic mass is 10.1. The van der Waals surface area contributed by atoms with Crippen molar-refractivity contribution >= 4 is 29.1 Å². The minimum Gasteiger partial charge on any atom is -0.334 e. The molecule has 1 heterocycles. The van der Waals surface area contributed by atoms with Gasteiger partial charge in [0.05, 0.1) is 16.5 Å². The molecule has 1 aromatic carbocycles. The Morgan fingerprint density at radius 2 is 2.05 bits per heavy atom. The fourth-order valence-electron chi connectivity index (χ4n) is 2.40. The van der Waals surface area contributed by atoms with Crippen LogP contribution in [-0.4, -0.2) is 42.7 Å². The van der Waals surface area contributed by atoms with Gasteiger partial charge in [0.25, 0.3) is 5.91 Å². The van der Waals surface area contributed by atoms with Gasteiger partial charge in [0.2, 0.25) is 0 Å². The number of rotatable bonds is 4. The van der Waals surface area contributed by atoms with Crippen LogP contribution in [0.25, 0.3) is 0 Å². The van der Waals surface area contributed by atoms with Crippen LogP contribution in [0.1, 0.15) is 23.2 Å². The molecule has 0 saturated carbocycles. The average molecular weight is 355 g/mol. The van der Waals surface area contributed by atoms with E-state index >= 15 is 0 Å². The van der Waals surface area contributed by atoms with Crippen LogP contribution in [0.2, 0.25) is 10.0 Å². The zero-order chi connectivity index (χ0) is 16.3. The fraction of sp³-hybridized carbons (Fsp3) is 0.500. The molecule has 1 fully saturated rings. The molecule has 1 saturated heterocycles. The summed E-state index contributed by atoms with van der Waals surface area (Å²) in [5.41, 5.74) is 0.239. The predicted octanol–water partition coefficient (Wildman–Crippen LogP) is 3.75. The van der Waals surface area contributed by atoms with Gasteiger partial charge in [-0.2, -0.15) is 13.2 Å². The van der Waals surface area contributed by atoms with Crippen LogP contribution < -0.4 is 5.32 Å². The highest BCUT2D eigenvalue weighted by Gasteiger charge is 2.33. The molecule has 3 nitrogen and oxygen atoms in total. The second kappa shape index (κ2) is 7.06. The van der Waals surface area contributed by atoms with Crippen LogP contribution >= 0.6 is 23.2 Å².